The number of benzene rings is 3. The number of ether oxygens (including phenoxy) is 3. The highest BCUT2D eigenvalue weighted by molar-refractivity contribution is 6.35. The highest BCUT2D eigenvalue weighted by atomic mass is 35.5. The number of methoxy groups -OCH3 is 2. The zero-order valence-electron chi connectivity index (χ0n) is 20.8. The Kier molecular flexibility index (Phi) is 8.94. The highest BCUT2D eigenvalue weighted by Crippen LogP contribution is 2.35. The first-order valence-electron chi connectivity index (χ1n) is 11.8. The van der Waals surface area contributed by atoms with Crippen LogP contribution in [0, 0.1) is 0 Å². The van der Waals surface area contributed by atoms with Crippen molar-refractivity contribution in [3.63, 3.8) is 0 Å². The van der Waals surface area contributed by atoms with Crippen LogP contribution in [0.2, 0.25) is 10.0 Å². The van der Waals surface area contributed by atoms with Gasteiger partial charge in [0, 0.05) is 30.3 Å². The van der Waals surface area contributed by atoms with Gasteiger partial charge in [0.05, 0.1) is 19.8 Å². The number of halogens is 2. The normalized spacial score (nSPS) is 11.5. The number of aromatic amines is 1. The van der Waals surface area contributed by atoms with Crippen molar-refractivity contribution in [2.75, 3.05) is 19.5 Å². The number of pyridine rings is 1. The number of carbonyl (C=O) groups excluding carboxylic acids is 1. The summed E-state index contributed by atoms with van der Waals surface area (Å²) in [6.45, 7) is 0.523. The van der Waals surface area contributed by atoms with Gasteiger partial charge in [-0.05, 0) is 47.5 Å². The Balaban J connectivity index is 1.54. The number of nitrogens with one attached hydrogen (secondary N) is 2. The minimum Gasteiger partial charge on any atom is -0.508 e. The molecule has 0 radical (unpaired) electrons. The fourth-order valence-corrected chi connectivity index (χ4v) is 4.45. The molecular weight excluding hydrogens is 527 g/mol. The fraction of sp³-hybridized carbons (Fsp3) is 0.172. The Morgan fingerprint density at radius 2 is 1.66 bits per heavy atom. The minimum absolute atomic E-state index is 0.188. The molecule has 4 rings (SSSR count). The van der Waals surface area contributed by atoms with Crippen molar-refractivity contribution < 1.29 is 29.1 Å². The number of esters is 1. The Morgan fingerprint density at radius 1 is 0.947 bits per heavy atom. The summed E-state index contributed by atoms with van der Waals surface area (Å²) in [5.41, 5.74) is 3.49. The van der Waals surface area contributed by atoms with Gasteiger partial charge in [-0.3, -0.25) is 0 Å². The van der Waals surface area contributed by atoms with E-state index < -0.39 is 12.1 Å². The van der Waals surface area contributed by atoms with Gasteiger partial charge in [-0.25, -0.2) is 9.78 Å². The van der Waals surface area contributed by atoms with E-state index in [9.17, 15) is 9.90 Å². The molecule has 0 aliphatic carbocycles. The number of aromatic nitrogens is 1. The van der Waals surface area contributed by atoms with Gasteiger partial charge in [-0.1, -0.05) is 47.5 Å². The summed E-state index contributed by atoms with van der Waals surface area (Å²) in [5.74, 6) is 0.759. The Labute approximate surface area is 230 Å². The van der Waals surface area contributed by atoms with E-state index in [2.05, 4.69) is 10.3 Å². The third kappa shape index (κ3) is 6.68. The number of aromatic hydroxyl groups is 1. The first-order chi connectivity index (χ1) is 18.4. The molecule has 0 amide bonds. The molecule has 1 atom stereocenters. The lowest BCUT2D eigenvalue weighted by Gasteiger charge is -2.20. The maximum Gasteiger partial charge on any atom is 0.338 e. The van der Waals surface area contributed by atoms with Crippen LogP contribution < -0.4 is 19.8 Å². The molecule has 0 fully saturated rings. The molecular formula is C29H27Cl2N2O5+. The second-order valence-electron chi connectivity index (χ2n) is 8.44. The zero-order chi connectivity index (χ0) is 27.1. The molecule has 3 aromatic carbocycles. The number of phenolic OH excluding ortho intramolecular Hbond substituents is 1. The van der Waals surface area contributed by atoms with Gasteiger partial charge in [0.2, 0.25) is 0 Å². The predicted octanol–water partition coefficient (Wildman–Crippen LogP) is 6.28. The molecule has 1 heterocycles. The molecule has 0 spiro atoms. The van der Waals surface area contributed by atoms with E-state index in [4.69, 9.17) is 37.4 Å². The second-order valence-corrected chi connectivity index (χ2v) is 9.26. The number of hydrogen-bond donors (Lipinski definition) is 2. The quantitative estimate of drug-likeness (QED) is 0.224. The average Bonchev–Trinajstić information content (AvgIpc) is 2.93. The summed E-state index contributed by atoms with van der Waals surface area (Å²) < 4.78 is 16.8. The standard InChI is InChI=1S/C29H26Cl2N2O5/c1-36-26-11-10-20(12-28(26)37-2)27(14-23-24(30)16-32-17-25(23)31)38-29(35)19-8-6-18(7-9-19)15-33-21-4-3-5-22(34)13-21/h3-13,16-17,27,33-34H,14-15H2,1-2H3/p+1/t27-/m0/s1. The predicted molar refractivity (Wildman–Crippen MR) is 146 cm³/mol. The number of phenols is 1. The van der Waals surface area contributed by atoms with Crippen molar-refractivity contribution in [1.82, 2.24) is 0 Å². The maximum absolute atomic E-state index is 13.2. The monoisotopic (exact) mass is 553 g/mol. The van der Waals surface area contributed by atoms with Crippen LogP contribution in [0.25, 0.3) is 0 Å². The molecule has 0 bridgehead atoms. The molecule has 0 unspecified atom stereocenters. The summed E-state index contributed by atoms with van der Waals surface area (Å²) in [6, 6.07) is 19.3. The number of rotatable bonds is 10. The number of H-pyrrole nitrogens is 1. The van der Waals surface area contributed by atoms with E-state index in [0.29, 0.717) is 44.8 Å². The van der Waals surface area contributed by atoms with E-state index >= 15 is 0 Å². The van der Waals surface area contributed by atoms with Gasteiger partial charge in [0.1, 0.15) is 21.9 Å². The zero-order valence-corrected chi connectivity index (χ0v) is 22.3. The lowest BCUT2D eigenvalue weighted by atomic mass is 10.0. The van der Waals surface area contributed by atoms with Crippen LogP contribution in [-0.4, -0.2) is 25.3 Å². The van der Waals surface area contributed by atoms with Crippen LogP contribution >= 0.6 is 23.2 Å². The molecule has 3 N–H and O–H groups in total. The van der Waals surface area contributed by atoms with Crippen molar-refractivity contribution in [3.8, 4) is 17.2 Å². The van der Waals surface area contributed by atoms with Crippen molar-refractivity contribution in [2.45, 2.75) is 19.1 Å². The Bertz CT molecular complexity index is 1390. The van der Waals surface area contributed by atoms with E-state index in [1.807, 2.05) is 24.3 Å². The van der Waals surface area contributed by atoms with Crippen molar-refractivity contribution in [2.24, 2.45) is 0 Å². The lowest BCUT2D eigenvalue weighted by Crippen LogP contribution is -2.16. The lowest BCUT2D eigenvalue weighted by molar-refractivity contribution is -0.377. The Morgan fingerprint density at radius 3 is 2.32 bits per heavy atom. The van der Waals surface area contributed by atoms with Crippen LogP contribution in [0.5, 0.6) is 17.2 Å². The highest BCUT2D eigenvalue weighted by Gasteiger charge is 2.24. The molecule has 1 aromatic heterocycles. The van der Waals surface area contributed by atoms with E-state index in [1.54, 1.807) is 69.1 Å². The van der Waals surface area contributed by atoms with Crippen molar-refractivity contribution in [3.05, 3.63) is 111 Å². The average molecular weight is 554 g/mol. The molecule has 0 saturated heterocycles. The molecule has 9 heteroatoms. The van der Waals surface area contributed by atoms with Gasteiger partial charge >= 0.3 is 5.97 Å². The third-order valence-corrected chi connectivity index (χ3v) is 6.62. The number of carbonyl (C=O) groups is 1. The summed E-state index contributed by atoms with van der Waals surface area (Å²) in [5, 5.41) is 13.7. The molecule has 0 aliphatic heterocycles. The summed E-state index contributed by atoms with van der Waals surface area (Å²) in [4.78, 5) is 16.1. The van der Waals surface area contributed by atoms with Crippen LogP contribution in [-0.2, 0) is 17.7 Å². The Hall–Kier alpha value is -3.94. The first kappa shape index (κ1) is 27.1. The largest absolute Gasteiger partial charge is 0.508 e. The smallest absolute Gasteiger partial charge is 0.338 e. The topological polar surface area (TPSA) is 91.2 Å². The van der Waals surface area contributed by atoms with Crippen LogP contribution in [0.3, 0.4) is 0 Å². The van der Waals surface area contributed by atoms with Gasteiger partial charge in [0.15, 0.2) is 23.9 Å². The SMILES string of the molecule is COc1ccc([C@H](Cc2c(Cl)c[nH+]cc2Cl)OC(=O)c2ccc(CNc3cccc(O)c3)cc2)cc1OC. The van der Waals surface area contributed by atoms with E-state index in [1.165, 1.54) is 0 Å². The molecule has 0 saturated carbocycles. The van der Waals surface area contributed by atoms with Gasteiger partial charge in [-0.2, -0.15) is 0 Å². The molecule has 0 aliphatic rings. The third-order valence-electron chi connectivity index (χ3n) is 5.95. The second kappa shape index (κ2) is 12.5. The first-order valence-corrected chi connectivity index (χ1v) is 12.5. The summed E-state index contributed by atoms with van der Waals surface area (Å²) in [7, 11) is 3.10. The van der Waals surface area contributed by atoms with Crippen LogP contribution in [0.1, 0.15) is 33.2 Å². The number of anilines is 1. The van der Waals surface area contributed by atoms with Crippen molar-refractivity contribution in [1.29, 1.82) is 0 Å². The summed E-state index contributed by atoms with van der Waals surface area (Å²) in [6.07, 6.45) is 2.80. The number of hydrogen-bond acceptors (Lipinski definition) is 6. The van der Waals surface area contributed by atoms with E-state index in [0.717, 1.165) is 11.3 Å². The van der Waals surface area contributed by atoms with Crippen LogP contribution in [0.15, 0.2) is 79.1 Å². The molecule has 196 valence electrons. The minimum atomic E-state index is -0.702. The summed E-state index contributed by atoms with van der Waals surface area (Å²) >= 11 is 12.8. The van der Waals surface area contributed by atoms with Gasteiger partial charge in [0.25, 0.3) is 0 Å². The van der Waals surface area contributed by atoms with Crippen LogP contribution in [0.4, 0.5) is 5.69 Å². The van der Waals surface area contributed by atoms with Gasteiger partial charge in [-0.15, -0.1) is 0 Å². The van der Waals surface area contributed by atoms with Crippen molar-refractivity contribution >= 4 is 34.9 Å². The molecule has 7 nitrogen and oxygen atoms in total. The van der Waals surface area contributed by atoms with Gasteiger partial charge < -0.3 is 24.6 Å². The molecule has 4 aromatic rings. The molecule has 38 heavy (non-hydrogen) atoms. The fourth-order valence-electron chi connectivity index (χ4n) is 3.91. The maximum atomic E-state index is 13.2. The van der Waals surface area contributed by atoms with E-state index in [-0.39, 0.29) is 12.2 Å².